The van der Waals surface area contributed by atoms with Crippen LogP contribution in [0.1, 0.15) is 11.7 Å². The number of aryl methyl sites for hydroxylation is 1. The third-order valence-corrected chi connectivity index (χ3v) is 3.73. The Morgan fingerprint density at radius 3 is 2.62 bits per heavy atom. The number of benzene rings is 1. The average molecular weight is 288 g/mol. The van der Waals surface area contributed by atoms with Gasteiger partial charge in [-0.3, -0.25) is 4.90 Å². The van der Waals surface area contributed by atoms with Gasteiger partial charge in [0, 0.05) is 33.1 Å². The molecule has 0 N–H and O–H groups in total. The number of nitrogens with zero attached hydrogens (tertiary/aromatic N) is 4. The van der Waals surface area contributed by atoms with Gasteiger partial charge in [-0.05, 0) is 12.1 Å². The van der Waals surface area contributed by atoms with Crippen LogP contribution in [0.5, 0.6) is 5.75 Å². The molecule has 0 spiro atoms. The number of rotatable bonds is 4. The number of aromatic nitrogens is 2. The van der Waals surface area contributed by atoms with Gasteiger partial charge in [-0.15, -0.1) is 0 Å². The van der Waals surface area contributed by atoms with Crippen LogP contribution in [-0.4, -0.2) is 48.3 Å². The second-order valence-corrected chi connectivity index (χ2v) is 5.16. The zero-order valence-corrected chi connectivity index (χ0v) is 12.5. The van der Waals surface area contributed by atoms with Gasteiger partial charge in [0.05, 0.1) is 19.3 Å². The Morgan fingerprint density at radius 1 is 1.19 bits per heavy atom. The molecule has 3 rings (SSSR count). The van der Waals surface area contributed by atoms with E-state index in [0.717, 1.165) is 50.0 Å². The summed E-state index contributed by atoms with van der Waals surface area (Å²) in [6.07, 6.45) is 0. The molecule has 0 atom stereocenters. The van der Waals surface area contributed by atoms with Crippen LogP contribution in [0.3, 0.4) is 0 Å². The Balaban J connectivity index is 1.60. The first-order valence-electron chi connectivity index (χ1n) is 7.16. The van der Waals surface area contributed by atoms with Crippen LogP contribution in [0.25, 0.3) is 0 Å². The van der Waals surface area contributed by atoms with Crippen LogP contribution in [0.2, 0.25) is 0 Å². The predicted molar refractivity (Wildman–Crippen MR) is 79.5 cm³/mol. The van der Waals surface area contributed by atoms with E-state index in [-0.39, 0.29) is 0 Å². The Bertz CT molecular complexity index is 591. The third-order valence-electron chi connectivity index (χ3n) is 3.73. The number of methoxy groups -OCH3 is 1. The van der Waals surface area contributed by atoms with Crippen molar-refractivity contribution < 1.29 is 9.26 Å². The third kappa shape index (κ3) is 3.16. The van der Waals surface area contributed by atoms with Crippen LogP contribution in [0.4, 0.5) is 5.69 Å². The maximum Gasteiger partial charge on any atom is 0.223 e. The van der Waals surface area contributed by atoms with Gasteiger partial charge >= 0.3 is 0 Å². The SMILES string of the molecule is COc1ccccc1N1CCN(Cc2noc(C)n2)CC1. The quantitative estimate of drug-likeness (QED) is 0.853. The summed E-state index contributed by atoms with van der Waals surface area (Å²) in [5.41, 5.74) is 1.16. The van der Waals surface area contributed by atoms with Crippen LogP contribution in [0, 0.1) is 6.92 Å². The highest BCUT2D eigenvalue weighted by atomic mass is 16.5. The van der Waals surface area contributed by atoms with Crippen molar-refractivity contribution in [2.24, 2.45) is 0 Å². The fourth-order valence-corrected chi connectivity index (χ4v) is 2.64. The van der Waals surface area contributed by atoms with Crippen molar-refractivity contribution in [2.45, 2.75) is 13.5 Å². The molecule has 0 saturated carbocycles. The summed E-state index contributed by atoms with van der Waals surface area (Å²) in [7, 11) is 1.72. The maximum atomic E-state index is 5.44. The smallest absolute Gasteiger partial charge is 0.223 e. The molecule has 1 saturated heterocycles. The van der Waals surface area contributed by atoms with Gasteiger partial charge in [0.25, 0.3) is 0 Å². The van der Waals surface area contributed by atoms with Crippen molar-refractivity contribution in [3.8, 4) is 5.75 Å². The summed E-state index contributed by atoms with van der Waals surface area (Å²) in [5.74, 6) is 2.32. The lowest BCUT2D eigenvalue weighted by Crippen LogP contribution is -2.46. The van der Waals surface area contributed by atoms with E-state index in [2.05, 4.69) is 26.0 Å². The minimum absolute atomic E-state index is 0.623. The Hall–Kier alpha value is -2.08. The predicted octanol–water partition coefficient (Wildman–Crippen LogP) is 1.71. The van der Waals surface area contributed by atoms with E-state index in [0.29, 0.717) is 5.89 Å². The molecule has 1 aromatic heterocycles. The van der Waals surface area contributed by atoms with Gasteiger partial charge in [-0.1, -0.05) is 17.3 Å². The van der Waals surface area contributed by atoms with E-state index in [1.165, 1.54) is 0 Å². The zero-order valence-electron chi connectivity index (χ0n) is 12.5. The molecular weight excluding hydrogens is 268 g/mol. The molecule has 0 aliphatic carbocycles. The topological polar surface area (TPSA) is 54.6 Å². The molecule has 1 aliphatic rings. The molecule has 0 unspecified atom stereocenters. The van der Waals surface area contributed by atoms with Gasteiger partial charge in [0.15, 0.2) is 5.82 Å². The number of ether oxygens (including phenoxy) is 1. The normalized spacial score (nSPS) is 16.2. The first-order chi connectivity index (χ1) is 10.3. The minimum Gasteiger partial charge on any atom is -0.495 e. The summed E-state index contributed by atoms with van der Waals surface area (Å²) in [5, 5.41) is 3.95. The van der Waals surface area contributed by atoms with E-state index in [1.54, 1.807) is 7.11 Å². The molecular formula is C15H20N4O2. The summed E-state index contributed by atoms with van der Waals surface area (Å²) in [6.45, 7) is 6.46. The molecule has 0 amide bonds. The van der Waals surface area contributed by atoms with Crippen molar-refractivity contribution >= 4 is 5.69 Å². The molecule has 2 heterocycles. The zero-order chi connectivity index (χ0) is 14.7. The molecule has 1 aromatic carbocycles. The van der Waals surface area contributed by atoms with Crippen molar-refractivity contribution in [2.75, 3.05) is 38.2 Å². The average Bonchev–Trinajstić information content (AvgIpc) is 2.93. The van der Waals surface area contributed by atoms with Crippen LogP contribution in [-0.2, 0) is 6.54 Å². The van der Waals surface area contributed by atoms with E-state index < -0.39 is 0 Å². The van der Waals surface area contributed by atoms with E-state index >= 15 is 0 Å². The number of hydrogen-bond acceptors (Lipinski definition) is 6. The monoisotopic (exact) mass is 288 g/mol. The summed E-state index contributed by atoms with van der Waals surface area (Å²) >= 11 is 0. The van der Waals surface area contributed by atoms with Gasteiger partial charge in [0.1, 0.15) is 5.75 Å². The molecule has 6 nitrogen and oxygen atoms in total. The van der Waals surface area contributed by atoms with Crippen molar-refractivity contribution in [1.82, 2.24) is 15.0 Å². The largest absolute Gasteiger partial charge is 0.495 e. The lowest BCUT2D eigenvalue weighted by molar-refractivity contribution is 0.239. The van der Waals surface area contributed by atoms with Gasteiger partial charge < -0.3 is 14.2 Å². The number of anilines is 1. The highest BCUT2D eigenvalue weighted by Gasteiger charge is 2.20. The molecule has 1 fully saturated rings. The Kier molecular flexibility index (Phi) is 4.06. The lowest BCUT2D eigenvalue weighted by atomic mass is 10.2. The highest BCUT2D eigenvalue weighted by Crippen LogP contribution is 2.28. The number of para-hydroxylation sites is 2. The summed E-state index contributed by atoms with van der Waals surface area (Å²) in [4.78, 5) is 8.96. The molecule has 2 aromatic rings. The van der Waals surface area contributed by atoms with E-state index in [9.17, 15) is 0 Å². The van der Waals surface area contributed by atoms with Crippen molar-refractivity contribution in [3.05, 3.63) is 36.0 Å². The number of piperazine rings is 1. The maximum absolute atomic E-state index is 5.44. The molecule has 112 valence electrons. The second kappa shape index (κ2) is 6.13. The Labute approximate surface area is 124 Å². The molecule has 0 bridgehead atoms. The highest BCUT2D eigenvalue weighted by molar-refractivity contribution is 5.58. The van der Waals surface area contributed by atoms with Gasteiger partial charge in [-0.25, -0.2) is 0 Å². The standard InChI is InChI=1S/C15H20N4O2/c1-12-16-15(17-21-12)11-18-7-9-19(10-8-18)13-5-3-4-6-14(13)20-2/h3-6H,7-11H2,1-2H3. The van der Waals surface area contributed by atoms with Crippen LogP contribution >= 0.6 is 0 Å². The lowest BCUT2D eigenvalue weighted by Gasteiger charge is -2.36. The summed E-state index contributed by atoms with van der Waals surface area (Å²) in [6, 6.07) is 8.16. The summed E-state index contributed by atoms with van der Waals surface area (Å²) < 4.78 is 10.4. The first kappa shape index (κ1) is 13.9. The van der Waals surface area contributed by atoms with Gasteiger partial charge in [0.2, 0.25) is 5.89 Å². The van der Waals surface area contributed by atoms with Crippen molar-refractivity contribution in [1.29, 1.82) is 0 Å². The minimum atomic E-state index is 0.623. The van der Waals surface area contributed by atoms with Crippen LogP contribution in [0.15, 0.2) is 28.8 Å². The van der Waals surface area contributed by atoms with Crippen molar-refractivity contribution in [3.63, 3.8) is 0 Å². The van der Waals surface area contributed by atoms with Crippen LogP contribution < -0.4 is 9.64 Å². The van der Waals surface area contributed by atoms with E-state index in [4.69, 9.17) is 9.26 Å². The number of hydrogen-bond donors (Lipinski definition) is 0. The fraction of sp³-hybridized carbons (Fsp3) is 0.467. The molecule has 1 aliphatic heterocycles. The fourth-order valence-electron chi connectivity index (χ4n) is 2.64. The molecule has 6 heteroatoms. The molecule has 0 radical (unpaired) electrons. The van der Waals surface area contributed by atoms with E-state index in [1.807, 2.05) is 25.1 Å². The van der Waals surface area contributed by atoms with Gasteiger partial charge in [-0.2, -0.15) is 4.98 Å². The first-order valence-corrected chi connectivity index (χ1v) is 7.16. The second-order valence-electron chi connectivity index (χ2n) is 5.16. The molecule has 21 heavy (non-hydrogen) atoms. The Morgan fingerprint density at radius 2 is 1.95 bits per heavy atom.